The molecule has 0 aliphatic carbocycles. The van der Waals surface area contributed by atoms with Crippen LogP contribution >= 0.6 is 0 Å². The summed E-state index contributed by atoms with van der Waals surface area (Å²) in [6, 6.07) is 13.4. The highest BCUT2D eigenvalue weighted by atomic mass is 16.5. The second-order valence-electron chi connectivity index (χ2n) is 8.14. The maximum Gasteiger partial charge on any atom is 0.272 e. The summed E-state index contributed by atoms with van der Waals surface area (Å²) in [5.74, 6) is 0.715. The van der Waals surface area contributed by atoms with Gasteiger partial charge in [-0.25, -0.2) is 0 Å². The number of nitrogens with zero attached hydrogens (tertiary/aromatic N) is 3. The lowest BCUT2D eigenvalue weighted by Gasteiger charge is -2.39. The van der Waals surface area contributed by atoms with Crippen molar-refractivity contribution >= 4 is 11.8 Å². The smallest absolute Gasteiger partial charge is 0.272 e. The van der Waals surface area contributed by atoms with E-state index in [2.05, 4.69) is 4.98 Å². The topological polar surface area (TPSA) is 72.0 Å². The minimum Gasteiger partial charge on any atom is -0.490 e. The van der Waals surface area contributed by atoms with Crippen molar-refractivity contribution in [2.45, 2.75) is 25.9 Å². The first-order valence-electron chi connectivity index (χ1n) is 10.9. The maximum atomic E-state index is 13.1. The lowest BCUT2D eigenvalue weighted by Crippen LogP contribution is -2.50. The number of carbonyl (C=O) groups excluding carboxylic acids is 2. The molecule has 2 amide bonds. The standard InChI is InChI=1S/C24H29N3O4/c1-18-6-5-10-25-23(18)24(29)27-11-9-21(31-20-7-3-2-4-8-20)19(17-27)16-22(28)26-12-14-30-15-13-26/h2-8,10,19,21H,9,11-17H2,1H3/t19-,21-/m0/s1. The Labute approximate surface area is 183 Å². The van der Waals surface area contributed by atoms with Crippen LogP contribution in [-0.2, 0) is 9.53 Å². The molecule has 1 aromatic carbocycles. The second kappa shape index (κ2) is 9.92. The number of piperidine rings is 1. The Hall–Kier alpha value is -2.93. The molecule has 0 N–H and O–H groups in total. The van der Waals surface area contributed by atoms with Crippen LogP contribution < -0.4 is 4.74 Å². The van der Waals surface area contributed by atoms with Gasteiger partial charge >= 0.3 is 0 Å². The Balaban J connectivity index is 1.49. The van der Waals surface area contributed by atoms with Crippen molar-refractivity contribution in [1.82, 2.24) is 14.8 Å². The molecule has 4 rings (SSSR count). The quantitative estimate of drug-likeness (QED) is 0.739. The average molecular weight is 424 g/mol. The molecule has 2 saturated heterocycles. The predicted molar refractivity (Wildman–Crippen MR) is 116 cm³/mol. The molecule has 7 nitrogen and oxygen atoms in total. The lowest BCUT2D eigenvalue weighted by molar-refractivity contribution is -0.137. The minimum atomic E-state index is -0.124. The highest BCUT2D eigenvalue weighted by molar-refractivity contribution is 5.93. The van der Waals surface area contributed by atoms with Crippen LogP contribution in [0.2, 0.25) is 0 Å². The molecule has 2 atom stereocenters. The summed E-state index contributed by atoms with van der Waals surface area (Å²) in [6.07, 6.45) is 2.54. The minimum absolute atomic E-state index is 0.0833. The van der Waals surface area contributed by atoms with Crippen LogP contribution in [0.15, 0.2) is 48.7 Å². The third kappa shape index (κ3) is 5.22. The molecular formula is C24H29N3O4. The van der Waals surface area contributed by atoms with Crippen LogP contribution in [0, 0.1) is 12.8 Å². The van der Waals surface area contributed by atoms with Gasteiger partial charge in [-0.2, -0.15) is 0 Å². The van der Waals surface area contributed by atoms with E-state index in [9.17, 15) is 9.59 Å². The van der Waals surface area contributed by atoms with Crippen molar-refractivity contribution in [1.29, 1.82) is 0 Å². The number of benzene rings is 1. The van der Waals surface area contributed by atoms with E-state index < -0.39 is 0 Å². The van der Waals surface area contributed by atoms with E-state index in [0.717, 1.165) is 11.3 Å². The number of likely N-dealkylation sites (tertiary alicyclic amines) is 1. The monoisotopic (exact) mass is 423 g/mol. The Bertz CT molecular complexity index is 899. The summed E-state index contributed by atoms with van der Waals surface area (Å²) in [6.45, 7) is 5.33. The number of pyridine rings is 1. The molecule has 164 valence electrons. The van der Waals surface area contributed by atoms with Gasteiger partial charge in [0.1, 0.15) is 17.5 Å². The van der Waals surface area contributed by atoms with E-state index in [1.165, 1.54) is 0 Å². The summed E-state index contributed by atoms with van der Waals surface area (Å²) >= 11 is 0. The van der Waals surface area contributed by atoms with Gasteiger partial charge in [0.25, 0.3) is 5.91 Å². The van der Waals surface area contributed by atoms with Gasteiger partial charge in [-0.3, -0.25) is 14.6 Å². The van der Waals surface area contributed by atoms with Crippen molar-refractivity contribution in [2.75, 3.05) is 39.4 Å². The summed E-state index contributed by atoms with van der Waals surface area (Å²) in [5, 5.41) is 0. The molecule has 0 spiro atoms. The number of rotatable bonds is 5. The van der Waals surface area contributed by atoms with E-state index in [1.54, 1.807) is 6.20 Å². The Kier molecular flexibility index (Phi) is 6.82. The zero-order chi connectivity index (χ0) is 21.6. The van der Waals surface area contributed by atoms with E-state index >= 15 is 0 Å². The van der Waals surface area contributed by atoms with Gasteiger partial charge in [-0.1, -0.05) is 24.3 Å². The second-order valence-corrected chi connectivity index (χ2v) is 8.14. The number of aromatic nitrogens is 1. The summed E-state index contributed by atoms with van der Waals surface area (Å²) in [4.78, 5) is 34.1. The van der Waals surface area contributed by atoms with Gasteiger partial charge in [0.15, 0.2) is 0 Å². The first-order valence-corrected chi connectivity index (χ1v) is 10.9. The first kappa shape index (κ1) is 21.3. The number of hydrogen-bond donors (Lipinski definition) is 0. The van der Waals surface area contributed by atoms with Crippen molar-refractivity contribution in [3.8, 4) is 5.75 Å². The molecule has 0 bridgehead atoms. The normalized spacial score (nSPS) is 21.6. The van der Waals surface area contributed by atoms with Crippen LogP contribution in [0.5, 0.6) is 5.75 Å². The van der Waals surface area contributed by atoms with E-state index in [1.807, 2.05) is 59.2 Å². The number of carbonyl (C=O) groups is 2. The molecule has 31 heavy (non-hydrogen) atoms. The molecular weight excluding hydrogens is 394 g/mol. The zero-order valence-electron chi connectivity index (χ0n) is 17.9. The molecule has 2 aliphatic rings. The average Bonchev–Trinajstić information content (AvgIpc) is 2.81. The van der Waals surface area contributed by atoms with Crippen molar-refractivity contribution in [3.63, 3.8) is 0 Å². The number of ether oxygens (including phenoxy) is 2. The molecule has 1 aromatic heterocycles. The molecule has 2 aromatic rings. The fourth-order valence-electron chi connectivity index (χ4n) is 4.25. The first-order chi connectivity index (χ1) is 15.1. The molecule has 2 fully saturated rings. The summed E-state index contributed by atoms with van der Waals surface area (Å²) in [7, 11) is 0. The Morgan fingerprint density at radius 1 is 1.06 bits per heavy atom. The van der Waals surface area contributed by atoms with Crippen molar-refractivity contribution < 1.29 is 19.1 Å². The zero-order valence-corrected chi connectivity index (χ0v) is 17.9. The Morgan fingerprint density at radius 2 is 1.84 bits per heavy atom. The SMILES string of the molecule is Cc1cccnc1C(=O)N1CC[C@H](Oc2ccccc2)[C@@H](CC(=O)N2CCOCC2)C1. The molecule has 0 unspecified atom stereocenters. The maximum absolute atomic E-state index is 13.1. The number of morpholine rings is 1. The van der Waals surface area contributed by atoms with Gasteiger partial charge in [-0.15, -0.1) is 0 Å². The highest BCUT2D eigenvalue weighted by Crippen LogP contribution is 2.27. The predicted octanol–water partition coefficient (Wildman–Crippen LogP) is 2.55. The molecule has 7 heteroatoms. The van der Waals surface area contributed by atoms with Crippen molar-refractivity contribution in [2.24, 2.45) is 5.92 Å². The van der Waals surface area contributed by atoms with E-state index in [0.29, 0.717) is 57.9 Å². The fraction of sp³-hybridized carbons (Fsp3) is 0.458. The van der Waals surface area contributed by atoms with Gasteiger partial charge in [0, 0.05) is 51.1 Å². The summed E-state index contributed by atoms with van der Waals surface area (Å²) < 4.78 is 11.6. The lowest BCUT2D eigenvalue weighted by atomic mass is 9.90. The van der Waals surface area contributed by atoms with Crippen LogP contribution in [0.4, 0.5) is 0 Å². The number of hydrogen-bond acceptors (Lipinski definition) is 5. The highest BCUT2D eigenvalue weighted by Gasteiger charge is 2.36. The molecule has 0 radical (unpaired) electrons. The molecule has 0 saturated carbocycles. The third-order valence-electron chi connectivity index (χ3n) is 5.99. The van der Waals surface area contributed by atoms with Crippen LogP contribution in [0.3, 0.4) is 0 Å². The number of para-hydroxylation sites is 1. The van der Waals surface area contributed by atoms with Gasteiger partial charge in [0.2, 0.25) is 5.91 Å². The number of aryl methyl sites for hydroxylation is 1. The summed E-state index contributed by atoms with van der Waals surface area (Å²) in [5.41, 5.74) is 1.33. The van der Waals surface area contributed by atoms with Gasteiger partial charge < -0.3 is 19.3 Å². The van der Waals surface area contributed by atoms with Crippen molar-refractivity contribution in [3.05, 3.63) is 59.9 Å². The van der Waals surface area contributed by atoms with Crippen LogP contribution in [0.1, 0.15) is 28.9 Å². The Morgan fingerprint density at radius 3 is 2.58 bits per heavy atom. The van der Waals surface area contributed by atoms with Crippen LogP contribution in [-0.4, -0.2) is 72.1 Å². The third-order valence-corrected chi connectivity index (χ3v) is 5.99. The number of amides is 2. The van der Waals surface area contributed by atoms with E-state index in [4.69, 9.17) is 9.47 Å². The van der Waals surface area contributed by atoms with Gasteiger partial charge in [-0.05, 0) is 30.7 Å². The fourth-order valence-corrected chi connectivity index (χ4v) is 4.25. The molecule has 3 heterocycles. The largest absolute Gasteiger partial charge is 0.490 e. The molecule has 2 aliphatic heterocycles. The van der Waals surface area contributed by atoms with Gasteiger partial charge in [0.05, 0.1) is 13.2 Å². The van der Waals surface area contributed by atoms with Crippen LogP contribution in [0.25, 0.3) is 0 Å². The van der Waals surface area contributed by atoms with E-state index in [-0.39, 0.29) is 23.8 Å².